The zero-order valence-electron chi connectivity index (χ0n) is 12.1. The van der Waals surface area contributed by atoms with E-state index >= 15 is 0 Å². The highest BCUT2D eigenvalue weighted by Gasteiger charge is 2.24. The van der Waals surface area contributed by atoms with Crippen LogP contribution in [0.25, 0.3) is 0 Å². The molecule has 0 aromatic heterocycles. The van der Waals surface area contributed by atoms with Crippen LogP contribution in [0.5, 0.6) is 0 Å². The summed E-state index contributed by atoms with van der Waals surface area (Å²) in [6, 6.07) is 0.384. The van der Waals surface area contributed by atoms with Crippen molar-refractivity contribution in [1.82, 2.24) is 10.2 Å². The summed E-state index contributed by atoms with van der Waals surface area (Å²) in [5.41, 5.74) is 0. The predicted octanol–water partition coefficient (Wildman–Crippen LogP) is 1.62. The van der Waals surface area contributed by atoms with E-state index in [1.807, 2.05) is 0 Å². The molecule has 5 heteroatoms. The molecule has 1 saturated carbocycles. The van der Waals surface area contributed by atoms with E-state index in [0.717, 1.165) is 38.9 Å². The third-order valence-electron chi connectivity index (χ3n) is 4.46. The van der Waals surface area contributed by atoms with Crippen LogP contribution in [0.4, 0.5) is 0 Å². The second-order valence-electron chi connectivity index (χ2n) is 6.21. The van der Waals surface area contributed by atoms with Crippen molar-refractivity contribution in [1.29, 1.82) is 0 Å². The molecule has 0 aromatic rings. The van der Waals surface area contributed by atoms with Crippen LogP contribution in [0.3, 0.4) is 0 Å². The monoisotopic (exact) mass is 282 g/mol. The van der Waals surface area contributed by atoms with Crippen LogP contribution in [0.2, 0.25) is 0 Å². The summed E-state index contributed by atoms with van der Waals surface area (Å²) in [6.07, 6.45) is 7.73. The molecular weight excluding hydrogens is 256 g/mol. The zero-order chi connectivity index (χ0) is 14.4. The average Bonchev–Trinajstić information content (AvgIpc) is 2.84. The van der Waals surface area contributed by atoms with Gasteiger partial charge in [-0.2, -0.15) is 0 Å². The molecule has 1 atom stereocenters. The molecule has 1 saturated heterocycles. The van der Waals surface area contributed by atoms with E-state index < -0.39 is 5.97 Å². The number of nitrogens with zero attached hydrogens (tertiary/aromatic N) is 1. The Bertz CT molecular complexity index is 340. The van der Waals surface area contributed by atoms with E-state index in [1.165, 1.54) is 19.3 Å². The molecule has 20 heavy (non-hydrogen) atoms. The van der Waals surface area contributed by atoms with E-state index in [1.54, 1.807) is 0 Å². The number of amides is 1. The number of aliphatic carboxylic acids is 1. The second kappa shape index (κ2) is 7.62. The first kappa shape index (κ1) is 15.3. The molecule has 114 valence electrons. The topological polar surface area (TPSA) is 69.6 Å². The van der Waals surface area contributed by atoms with Crippen molar-refractivity contribution in [2.24, 2.45) is 5.92 Å². The van der Waals surface area contributed by atoms with Crippen molar-refractivity contribution in [3.63, 3.8) is 0 Å². The Kier molecular flexibility index (Phi) is 5.83. The minimum atomic E-state index is -0.716. The Balaban J connectivity index is 1.60. The Labute approximate surface area is 120 Å². The van der Waals surface area contributed by atoms with Gasteiger partial charge in [0.25, 0.3) is 0 Å². The summed E-state index contributed by atoms with van der Waals surface area (Å²) in [4.78, 5) is 24.8. The van der Waals surface area contributed by atoms with Gasteiger partial charge in [-0.25, -0.2) is 0 Å². The number of carbonyl (C=O) groups is 2. The summed E-state index contributed by atoms with van der Waals surface area (Å²) in [5, 5.41) is 11.9. The van der Waals surface area contributed by atoms with E-state index in [0.29, 0.717) is 12.5 Å². The van der Waals surface area contributed by atoms with Gasteiger partial charge in [0.05, 0.1) is 0 Å². The molecule has 2 aliphatic rings. The normalized spacial score (nSPS) is 24.7. The maximum Gasteiger partial charge on any atom is 0.303 e. The van der Waals surface area contributed by atoms with Crippen LogP contribution in [-0.4, -0.2) is 47.6 Å². The Morgan fingerprint density at radius 1 is 1.15 bits per heavy atom. The molecule has 2 fully saturated rings. The first-order valence-electron chi connectivity index (χ1n) is 7.87. The molecule has 1 aliphatic heterocycles. The minimum Gasteiger partial charge on any atom is -0.481 e. The summed E-state index contributed by atoms with van der Waals surface area (Å²) in [7, 11) is 0. The highest BCUT2D eigenvalue weighted by molar-refractivity contribution is 5.76. The van der Waals surface area contributed by atoms with Crippen LogP contribution in [0.15, 0.2) is 0 Å². The van der Waals surface area contributed by atoms with Gasteiger partial charge in [0.2, 0.25) is 5.91 Å². The largest absolute Gasteiger partial charge is 0.481 e. The third kappa shape index (κ3) is 5.12. The SMILES string of the molecule is O=C(O)CC1CCN(CCC(=O)NC2CCCCC2)C1. The molecule has 0 aromatic carbocycles. The lowest BCUT2D eigenvalue weighted by Gasteiger charge is -2.23. The lowest BCUT2D eigenvalue weighted by atomic mass is 9.95. The first-order valence-corrected chi connectivity index (χ1v) is 7.87. The van der Waals surface area contributed by atoms with Crippen molar-refractivity contribution in [3.05, 3.63) is 0 Å². The van der Waals surface area contributed by atoms with Crippen LogP contribution >= 0.6 is 0 Å². The number of likely N-dealkylation sites (tertiary alicyclic amines) is 1. The first-order chi connectivity index (χ1) is 9.63. The highest BCUT2D eigenvalue weighted by atomic mass is 16.4. The van der Waals surface area contributed by atoms with Crippen molar-refractivity contribution < 1.29 is 14.7 Å². The molecule has 5 nitrogen and oxygen atoms in total. The van der Waals surface area contributed by atoms with Gasteiger partial charge in [-0.1, -0.05) is 19.3 Å². The number of carbonyl (C=O) groups excluding carboxylic acids is 1. The number of hydrogen-bond acceptors (Lipinski definition) is 3. The summed E-state index contributed by atoms with van der Waals surface area (Å²) >= 11 is 0. The van der Waals surface area contributed by atoms with Crippen molar-refractivity contribution in [3.8, 4) is 0 Å². The zero-order valence-corrected chi connectivity index (χ0v) is 12.1. The number of carboxylic acids is 1. The number of nitrogens with one attached hydrogen (secondary N) is 1. The fourth-order valence-electron chi connectivity index (χ4n) is 3.34. The maximum atomic E-state index is 11.9. The van der Waals surface area contributed by atoms with E-state index in [-0.39, 0.29) is 18.2 Å². The van der Waals surface area contributed by atoms with Crippen LogP contribution in [0, 0.1) is 5.92 Å². The lowest BCUT2D eigenvalue weighted by Crippen LogP contribution is -2.38. The smallest absolute Gasteiger partial charge is 0.303 e. The lowest BCUT2D eigenvalue weighted by molar-refractivity contribution is -0.138. The van der Waals surface area contributed by atoms with Gasteiger partial charge in [0.1, 0.15) is 0 Å². The molecule has 2 N–H and O–H groups in total. The fourth-order valence-corrected chi connectivity index (χ4v) is 3.34. The average molecular weight is 282 g/mol. The molecule has 1 aliphatic carbocycles. The molecule has 1 amide bonds. The van der Waals surface area contributed by atoms with Gasteiger partial charge in [0.15, 0.2) is 0 Å². The van der Waals surface area contributed by atoms with Gasteiger partial charge >= 0.3 is 5.97 Å². The van der Waals surface area contributed by atoms with Crippen LogP contribution in [-0.2, 0) is 9.59 Å². The van der Waals surface area contributed by atoms with E-state index in [4.69, 9.17) is 5.11 Å². The molecule has 0 spiro atoms. The minimum absolute atomic E-state index is 0.151. The van der Waals surface area contributed by atoms with E-state index in [9.17, 15) is 9.59 Å². The van der Waals surface area contributed by atoms with Gasteiger partial charge in [-0.15, -0.1) is 0 Å². The van der Waals surface area contributed by atoms with Crippen molar-refractivity contribution >= 4 is 11.9 Å². The molecule has 0 bridgehead atoms. The van der Waals surface area contributed by atoms with Crippen molar-refractivity contribution in [2.45, 2.75) is 57.4 Å². The Morgan fingerprint density at radius 2 is 1.90 bits per heavy atom. The second-order valence-corrected chi connectivity index (χ2v) is 6.21. The Morgan fingerprint density at radius 3 is 2.60 bits per heavy atom. The predicted molar refractivity (Wildman–Crippen MR) is 76.4 cm³/mol. The third-order valence-corrected chi connectivity index (χ3v) is 4.46. The van der Waals surface area contributed by atoms with Gasteiger partial charge < -0.3 is 15.3 Å². The van der Waals surface area contributed by atoms with Crippen LogP contribution in [0.1, 0.15) is 51.4 Å². The van der Waals surface area contributed by atoms with Gasteiger partial charge in [0, 0.05) is 32.0 Å². The molecule has 2 rings (SSSR count). The summed E-state index contributed by atoms with van der Waals surface area (Å²) in [5.74, 6) is -0.306. The highest BCUT2D eigenvalue weighted by Crippen LogP contribution is 2.20. The number of carboxylic acid groups (broad SMARTS) is 1. The maximum absolute atomic E-state index is 11.9. The summed E-state index contributed by atoms with van der Waals surface area (Å²) in [6.45, 7) is 2.51. The molecule has 0 radical (unpaired) electrons. The molecule has 1 unspecified atom stereocenters. The Hall–Kier alpha value is -1.10. The molecular formula is C15H26N2O3. The van der Waals surface area contributed by atoms with Crippen LogP contribution < -0.4 is 5.32 Å². The van der Waals surface area contributed by atoms with E-state index in [2.05, 4.69) is 10.2 Å². The molecule has 1 heterocycles. The number of hydrogen-bond donors (Lipinski definition) is 2. The standard InChI is InChI=1S/C15H26N2O3/c18-14(16-13-4-2-1-3-5-13)7-9-17-8-6-12(11-17)10-15(19)20/h12-13H,1-11H2,(H,16,18)(H,19,20). The summed E-state index contributed by atoms with van der Waals surface area (Å²) < 4.78 is 0. The van der Waals surface area contributed by atoms with Gasteiger partial charge in [-0.05, 0) is 31.7 Å². The van der Waals surface area contributed by atoms with Crippen molar-refractivity contribution in [2.75, 3.05) is 19.6 Å². The fraction of sp³-hybridized carbons (Fsp3) is 0.867. The van der Waals surface area contributed by atoms with Gasteiger partial charge in [-0.3, -0.25) is 9.59 Å². The number of rotatable bonds is 6. The quantitative estimate of drug-likeness (QED) is 0.777.